The van der Waals surface area contributed by atoms with E-state index in [1.165, 1.54) is 38.6 Å². The molecule has 2 nitrogen and oxygen atoms in total. The van der Waals surface area contributed by atoms with E-state index in [4.69, 9.17) is 4.42 Å². The zero-order chi connectivity index (χ0) is 37.3. The number of nitrogens with zero attached hydrogens (tertiary/aromatic N) is 1. The second-order valence-electron chi connectivity index (χ2n) is 15.8. The molecule has 0 aliphatic heterocycles. The third-order valence-electron chi connectivity index (χ3n) is 12.9. The summed E-state index contributed by atoms with van der Waals surface area (Å²) < 4.78 is 6.16. The summed E-state index contributed by atoms with van der Waals surface area (Å²) in [7, 11) is 0. The number of hydrogen-bond donors (Lipinski definition) is 0. The van der Waals surface area contributed by atoms with Crippen LogP contribution < -0.4 is 4.90 Å². The fraction of sp³-hybridized carbons (Fsp3) is 0.111. The van der Waals surface area contributed by atoms with Gasteiger partial charge in [-0.05, 0) is 94.1 Å². The molecule has 2 unspecified atom stereocenters. The monoisotopic (exact) mass is 719 g/mol. The van der Waals surface area contributed by atoms with Crippen molar-refractivity contribution in [3.05, 3.63) is 223 Å². The fourth-order valence-corrected chi connectivity index (χ4v) is 10.4. The Hall–Kier alpha value is -6.64. The van der Waals surface area contributed by atoms with Gasteiger partial charge in [0.05, 0.1) is 5.69 Å². The molecule has 11 rings (SSSR count). The first-order valence-electron chi connectivity index (χ1n) is 19.8. The minimum atomic E-state index is -0.270. The highest BCUT2D eigenvalue weighted by Gasteiger charge is 2.60. The maximum absolute atomic E-state index is 6.16. The molecule has 268 valence electrons. The number of para-hydroxylation sites is 1. The van der Waals surface area contributed by atoms with Crippen LogP contribution in [0.3, 0.4) is 0 Å². The molecule has 8 aromatic rings. The summed E-state index contributed by atoms with van der Waals surface area (Å²) in [6, 6.07) is 58.0. The average molecular weight is 720 g/mol. The predicted octanol–water partition coefficient (Wildman–Crippen LogP) is 14.3. The first-order chi connectivity index (χ1) is 27.6. The summed E-state index contributed by atoms with van der Waals surface area (Å²) in [6.07, 6.45) is 19.8. The molecular formula is C54H41NO. The number of furan rings is 1. The van der Waals surface area contributed by atoms with Gasteiger partial charge in [0.2, 0.25) is 0 Å². The van der Waals surface area contributed by atoms with E-state index < -0.39 is 0 Å². The van der Waals surface area contributed by atoms with E-state index in [0.29, 0.717) is 5.92 Å². The highest BCUT2D eigenvalue weighted by molar-refractivity contribution is 6.06. The van der Waals surface area contributed by atoms with Crippen LogP contribution in [0.4, 0.5) is 17.1 Å². The van der Waals surface area contributed by atoms with Crippen molar-refractivity contribution in [3.63, 3.8) is 0 Å². The van der Waals surface area contributed by atoms with Gasteiger partial charge in [-0.15, -0.1) is 0 Å². The lowest BCUT2D eigenvalue weighted by atomic mass is 9.56. The highest BCUT2D eigenvalue weighted by atomic mass is 16.3. The van der Waals surface area contributed by atoms with Crippen LogP contribution in [-0.4, -0.2) is 0 Å². The summed E-state index contributed by atoms with van der Waals surface area (Å²) in [6.45, 7) is 2.45. The molecular weight excluding hydrogens is 679 g/mol. The first kappa shape index (κ1) is 32.8. The van der Waals surface area contributed by atoms with Crippen molar-refractivity contribution < 1.29 is 4.42 Å². The zero-order valence-electron chi connectivity index (χ0n) is 31.3. The fourth-order valence-electron chi connectivity index (χ4n) is 10.4. The molecule has 0 amide bonds. The predicted molar refractivity (Wildman–Crippen MR) is 234 cm³/mol. The van der Waals surface area contributed by atoms with Gasteiger partial charge < -0.3 is 9.32 Å². The Kier molecular flexibility index (Phi) is 7.44. The van der Waals surface area contributed by atoms with Crippen LogP contribution in [0.2, 0.25) is 0 Å². The van der Waals surface area contributed by atoms with E-state index in [0.717, 1.165) is 45.4 Å². The smallest absolute Gasteiger partial charge is 0.135 e. The van der Waals surface area contributed by atoms with E-state index in [1.54, 1.807) is 0 Å². The number of hydrogen-bond acceptors (Lipinski definition) is 2. The minimum absolute atomic E-state index is 0.152. The Morgan fingerprint density at radius 2 is 1.29 bits per heavy atom. The van der Waals surface area contributed by atoms with Crippen molar-refractivity contribution in [2.24, 2.45) is 11.8 Å². The van der Waals surface area contributed by atoms with E-state index in [9.17, 15) is 0 Å². The lowest BCUT2D eigenvalue weighted by Gasteiger charge is -2.46. The molecule has 1 heterocycles. The van der Waals surface area contributed by atoms with E-state index in [1.807, 2.05) is 12.1 Å². The lowest BCUT2D eigenvalue weighted by molar-refractivity contribution is 0.259. The van der Waals surface area contributed by atoms with Gasteiger partial charge in [0, 0.05) is 44.3 Å². The summed E-state index contributed by atoms with van der Waals surface area (Å²) in [5.41, 5.74) is 11.4. The highest BCUT2D eigenvalue weighted by Crippen LogP contribution is 2.64. The normalized spacial score (nSPS) is 22.2. The molecule has 0 radical (unpaired) electrons. The standard InChI is InChI=1S/C54H41NO/c1-53-34-13-12-25-52(53)54(40-17-4-2-5-18-40,41-19-6-3-7-20-41)48-36-43(31-32-47(48)53)55(49-23-14-16-38-15-8-9-21-44(38)49)42-29-26-37(27-30-42)39-28-33-51-46(35-39)45-22-10-11-24-50(45)56-51/h2-19,21-36,41,52H,20H2,1H3/t41-,52?,53-,54?/m0/s1. The Morgan fingerprint density at radius 1 is 0.554 bits per heavy atom. The second kappa shape index (κ2) is 12.7. The van der Waals surface area contributed by atoms with Gasteiger partial charge in [0.1, 0.15) is 11.2 Å². The Balaban J connectivity index is 1.11. The third kappa shape index (κ3) is 4.82. The third-order valence-corrected chi connectivity index (χ3v) is 12.9. The van der Waals surface area contributed by atoms with Crippen molar-refractivity contribution in [2.45, 2.75) is 24.2 Å². The second-order valence-corrected chi connectivity index (χ2v) is 15.8. The summed E-state index contributed by atoms with van der Waals surface area (Å²) >= 11 is 0. The maximum Gasteiger partial charge on any atom is 0.135 e. The molecule has 0 saturated carbocycles. The van der Waals surface area contributed by atoms with Crippen molar-refractivity contribution in [2.75, 3.05) is 4.90 Å². The number of benzene rings is 7. The van der Waals surface area contributed by atoms with Gasteiger partial charge in [-0.1, -0.05) is 165 Å². The van der Waals surface area contributed by atoms with Gasteiger partial charge in [-0.2, -0.15) is 0 Å². The summed E-state index contributed by atoms with van der Waals surface area (Å²) in [5.74, 6) is 0.547. The Labute approximate surface area is 328 Å². The average Bonchev–Trinajstić information content (AvgIpc) is 3.75. The quantitative estimate of drug-likeness (QED) is 0.170. The molecule has 1 aromatic heterocycles. The molecule has 0 saturated heterocycles. The van der Waals surface area contributed by atoms with Gasteiger partial charge in [0.15, 0.2) is 0 Å². The molecule has 0 bridgehead atoms. The van der Waals surface area contributed by atoms with Crippen molar-refractivity contribution in [1.29, 1.82) is 0 Å². The molecule has 0 spiro atoms. The van der Waals surface area contributed by atoms with Crippen LogP contribution in [0, 0.1) is 11.8 Å². The molecule has 0 fully saturated rings. The van der Waals surface area contributed by atoms with Gasteiger partial charge in [-0.3, -0.25) is 0 Å². The molecule has 2 heteroatoms. The largest absolute Gasteiger partial charge is 0.456 e. The molecule has 3 aliphatic rings. The van der Waals surface area contributed by atoms with Gasteiger partial charge in [-0.25, -0.2) is 0 Å². The molecule has 4 atom stereocenters. The molecule has 56 heavy (non-hydrogen) atoms. The lowest BCUT2D eigenvalue weighted by Crippen LogP contribution is -2.44. The minimum Gasteiger partial charge on any atom is -0.456 e. The Bertz CT molecular complexity index is 2920. The van der Waals surface area contributed by atoms with Crippen molar-refractivity contribution in [1.82, 2.24) is 0 Å². The number of fused-ring (bicyclic) bond motifs is 7. The molecule has 3 aliphatic carbocycles. The van der Waals surface area contributed by atoms with E-state index in [-0.39, 0.29) is 16.7 Å². The first-order valence-corrected chi connectivity index (χ1v) is 19.8. The summed E-state index contributed by atoms with van der Waals surface area (Å²) in [5, 5.41) is 4.73. The van der Waals surface area contributed by atoms with Crippen LogP contribution in [0.25, 0.3) is 43.8 Å². The van der Waals surface area contributed by atoms with Crippen LogP contribution in [0.1, 0.15) is 30.0 Å². The van der Waals surface area contributed by atoms with E-state index >= 15 is 0 Å². The number of allylic oxidation sites excluding steroid dienone is 8. The number of rotatable bonds is 6. The molecule has 0 N–H and O–H groups in total. The van der Waals surface area contributed by atoms with E-state index in [2.05, 4.69) is 206 Å². The van der Waals surface area contributed by atoms with Crippen LogP contribution in [0.15, 0.2) is 211 Å². The molecule has 7 aromatic carbocycles. The van der Waals surface area contributed by atoms with Gasteiger partial charge in [0.25, 0.3) is 0 Å². The topological polar surface area (TPSA) is 16.4 Å². The summed E-state index contributed by atoms with van der Waals surface area (Å²) in [4.78, 5) is 2.47. The zero-order valence-corrected chi connectivity index (χ0v) is 31.3. The SMILES string of the molecule is C[C@@]12C=CC=CC1C(c1ccccc1)([C@H]1C=CC=CC1)c1cc(N(c3ccc(-c4ccc5oc6ccccc6c5c4)cc3)c3cccc4ccccc34)ccc12. The van der Waals surface area contributed by atoms with Crippen LogP contribution in [0.5, 0.6) is 0 Å². The number of anilines is 3. The maximum atomic E-state index is 6.16. The Morgan fingerprint density at radius 3 is 2.14 bits per heavy atom. The van der Waals surface area contributed by atoms with Crippen LogP contribution in [-0.2, 0) is 10.8 Å². The van der Waals surface area contributed by atoms with Crippen molar-refractivity contribution >= 4 is 49.8 Å². The van der Waals surface area contributed by atoms with Crippen molar-refractivity contribution in [3.8, 4) is 11.1 Å². The van der Waals surface area contributed by atoms with Gasteiger partial charge >= 0.3 is 0 Å². The van der Waals surface area contributed by atoms with Crippen LogP contribution >= 0.6 is 0 Å².